The van der Waals surface area contributed by atoms with E-state index in [1.807, 2.05) is 0 Å². The highest BCUT2D eigenvalue weighted by atomic mass is 32.2. The van der Waals surface area contributed by atoms with Crippen LogP contribution in [0.1, 0.15) is 26.7 Å². The van der Waals surface area contributed by atoms with Crippen molar-refractivity contribution < 1.29 is 4.79 Å². The molecule has 5 nitrogen and oxygen atoms in total. The standard InChI is InChI=1S/C11H20N4OS3/c1-3-6-17-11-14-10(19-15-11)13-9(16)7-18-8(2)4-5-12/h8H,3-7,12H2,1-2H3,(H,13,14,15,16). The molecule has 19 heavy (non-hydrogen) atoms. The molecule has 0 saturated heterocycles. The SMILES string of the molecule is CCCSc1nsc(NC(=O)CSC(C)CCN)n1. The average Bonchev–Trinajstić information content (AvgIpc) is 2.82. The second kappa shape index (κ2) is 9.57. The van der Waals surface area contributed by atoms with Crippen LogP contribution >= 0.6 is 35.1 Å². The fourth-order valence-electron chi connectivity index (χ4n) is 1.20. The van der Waals surface area contributed by atoms with Crippen molar-refractivity contribution in [2.45, 2.75) is 37.1 Å². The van der Waals surface area contributed by atoms with Crippen LogP contribution in [0, 0.1) is 0 Å². The van der Waals surface area contributed by atoms with E-state index in [1.165, 1.54) is 11.5 Å². The summed E-state index contributed by atoms with van der Waals surface area (Å²) in [6.45, 7) is 4.85. The molecular formula is C11H20N4OS3. The quantitative estimate of drug-likeness (QED) is 0.680. The van der Waals surface area contributed by atoms with Gasteiger partial charge in [0.15, 0.2) is 0 Å². The fraction of sp³-hybridized carbons (Fsp3) is 0.727. The van der Waals surface area contributed by atoms with Gasteiger partial charge in [-0.15, -0.1) is 11.8 Å². The lowest BCUT2D eigenvalue weighted by atomic mass is 10.3. The lowest BCUT2D eigenvalue weighted by Crippen LogP contribution is -2.16. The number of amides is 1. The number of anilines is 1. The third-order valence-corrected chi connectivity index (χ3v) is 5.19. The molecule has 8 heteroatoms. The number of nitrogens with two attached hydrogens (primary N) is 1. The number of rotatable bonds is 9. The molecule has 0 aromatic carbocycles. The maximum Gasteiger partial charge on any atom is 0.236 e. The maximum atomic E-state index is 11.7. The first-order valence-electron chi connectivity index (χ1n) is 6.23. The van der Waals surface area contributed by atoms with Gasteiger partial charge in [-0.2, -0.15) is 9.36 Å². The summed E-state index contributed by atoms with van der Waals surface area (Å²) in [5.41, 5.74) is 5.47. The van der Waals surface area contributed by atoms with Crippen molar-refractivity contribution in [1.82, 2.24) is 9.36 Å². The summed E-state index contributed by atoms with van der Waals surface area (Å²) in [4.78, 5) is 16.0. The van der Waals surface area contributed by atoms with Gasteiger partial charge in [-0.25, -0.2) is 0 Å². The highest BCUT2D eigenvalue weighted by Gasteiger charge is 2.10. The molecule has 108 valence electrons. The largest absolute Gasteiger partial charge is 0.330 e. The molecule has 1 unspecified atom stereocenters. The van der Waals surface area contributed by atoms with Crippen LogP contribution in [0.5, 0.6) is 0 Å². The Hall–Kier alpha value is -0.310. The molecule has 0 saturated carbocycles. The van der Waals surface area contributed by atoms with E-state index < -0.39 is 0 Å². The number of carbonyl (C=O) groups excluding carboxylic acids is 1. The Morgan fingerprint density at radius 1 is 1.58 bits per heavy atom. The summed E-state index contributed by atoms with van der Waals surface area (Å²) in [6.07, 6.45) is 2.01. The molecule has 1 heterocycles. The highest BCUT2D eigenvalue weighted by Crippen LogP contribution is 2.21. The Labute approximate surface area is 126 Å². The number of hydrogen-bond acceptors (Lipinski definition) is 7. The summed E-state index contributed by atoms with van der Waals surface area (Å²) in [6, 6.07) is 0. The summed E-state index contributed by atoms with van der Waals surface area (Å²) in [7, 11) is 0. The summed E-state index contributed by atoms with van der Waals surface area (Å²) in [5.74, 6) is 1.39. The fourth-order valence-corrected chi connectivity index (χ4v) is 3.43. The number of thioether (sulfide) groups is 2. The van der Waals surface area contributed by atoms with Crippen LogP contribution in [0.25, 0.3) is 0 Å². The van der Waals surface area contributed by atoms with Crippen molar-refractivity contribution in [3.8, 4) is 0 Å². The van der Waals surface area contributed by atoms with Crippen LogP contribution in [0.4, 0.5) is 5.13 Å². The molecule has 0 radical (unpaired) electrons. The second-order valence-electron chi connectivity index (χ2n) is 3.98. The van der Waals surface area contributed by atoms with E-state index in [2.05, 4.69) is 28.5 Å². The molecule has 3 N–H and O–H groups in total. The first kappa shape index (κ1) is 16.7. The predicted molar refractivity (Wildman–Crippen MR) is 85.1 cm³/mol. The van der Waals surface area contributed by atoms with Crippen molar-refractivity contribution in [1.29, 1.82) is 0 Å². The lowest BCUT2D eigenvalue weighted by molar-refractivity contribution is -0.113. The molecule has 1 rings (SSSR count). The summed E-state index contributed by atoms with van der Waals surface area (Å²) in [5, 5.41) is 4.50. The van der Waals surface area contributed by atoms with Crippen molar-refractivity contribution in [2.24, 2.45) is 5.73 Å². The molecule has 1 atom stereocenters. The van der Waals surface area contributed by atoms with E-state index >= 15 is 0 Å². The molecule has 1 aromatic heterocycles. The van der Waals surface area contributed by atoms with E-state index in [4.69, 9.17) is 5.73 Å². The molecule has 0 spiro atoms. The van der Waals surface area contributed by atoms with Crippen LogP contribution < -0.4 is 11.1 Å². The maximum absolute atomic E-state index is 11.7. The Kier molecular flexibility index (Phi) is 8.43. The summed E-state index contributed by atoms with van der Waals surface area (Å²) < 4.78 is 4.19. The van der Waals surface area contributed by atoms with Crippen molar-refractivity contribution in [3.63, 3.8) is 0 Å². The van der Waals surface area contributed by atoms with E-state index in [0.717, 1.165) is 23.8 Å². The van der Waals surface area contributed by atoms with Gasteiger partial charge >= 0.3 is 0 Å². The van der Waals surface area contributed by atoms with Gasteiger partial charge in [-0.3, -0.25) is 10.1 Å². The van der Waals surface area contributed by atoms with Gasteiger partial charge in [-0.1, -0.05) is 25.6 Å². The monoisotopic (exact) mass is 320 g/mol. The number of hydrogen-bond donors (Lipinski definition) is 2. The zero-order chi connectivity index (χ0) is 14.1. The Balaban J connectivity index is 2.29. The van der Waals surface area contributed by atoms with E-state index in [9.17, 15) is 4.79 Å². The first-order chi connectivity index (χ1) is 9.15. The molecule has 1 aromatic rings. The zero-order valence-electron chi connectivity index (χ0n) is 11.2. The Morgan fingerprint density at radius 3 is 3.05 bits per heavy atom. The smallest absolute Gasteiger partial charge is 0.236 e. The number of aromatic nitrogens is 2. The minimum absolute atomic E-state index is 0.0305. The van der Waals surface area contributed by atoms with Crippen LogP contribution in [-0.2, 0) is 4.79 Å². The first-order valence-corrected chi connectivity index (χ1v) is 9.04. The van der Waals surface area contributed by atoms with Gasteiger partial charge in [0.05, 0.1) is 5.75 Å². The third kappa shape index (κ3) is 7.14. The third-order valence-electron chi connectivity index (χ3n) is 2.16. The molecule has 0 bridgehead atoms. The van der Waals surface area contributed by atoms with Gasteiger partial charge in [0.25, 0.3) is 0 Å². The van der Waals surface area contributed by atoms with E-state index in [1.54, 1.807) is 23.5 Å². The van der Waals surface area contributed by atoms with Crippen LogP contribution in [-0.4, -0.2) is 38.6 Å². The van der Waals surface area contributed by atoms with Gasteiger partial charge < -0.3 is 5.73 Å². The second-order valence-corrected chi connectivity index (χ2v) is 7.22. The predicted octanol–water partition coefficient (Wildman–Crippen LogP) is 2.45. The van der Waals surface area contributed by atoms with E-state index in [0.29, 0.717) is 22.7 Å². The normalized spacial score (nSPS) is 12.4. The topological polar surface area (TPSA) is 80.9 Å². The number of nitrogens with zero attached hydrogens (tertiary/aromatic N) is 2. The van der Waals surface area contributed by atoms with Gasteiger partial charge in [-0.05, 0) is 19.4 Å². The van der Waals surface area contributed by atoms with Gasteiger partial charge in [0.1, 0.15) is 0 Å². The number of nitrogens with one attached hydrogen (secondary N) is 1. The van der Waals surface area contributed by atoms with Gasteiger partial charge in [0, 0.05) is 22.5 Å². The van der Waals surface area contributed by atoms with Gasteiger partial charge in [0.2, 0.25) is 16.2 Å². The molecular weight excluding hydrogens is 300 g/mol. The Bertz CT molecular complexity index is 386. The van der Waals surface area contributed by atoms with Crippen LogP contribution in [0.2, 0.25) is 0 Å². The van der Waals surface area contributed by atoms with Crippen molar-refractivity contribution in [2.75, 3.05) is 23.4 Å². The molecule has 0 fully saturated rings. The van der Waals surface area contributed by atoms with Crippen LogP contribution in [0.15, 0.2) is 5.16 Å². The van der Waals surface area contributed by atoms with Crippen LogP contribution in [0.3, 0.4) is 0 Å². The molecule has 0 aliphatic heterocycles. The molecule has 0 aliphatic carbocycles. The number of carbonyl (C=O) groups is 1. The van der Waals surface area contributed by atoms with Crippen molar-refractivity contribution >= 4 is 46.1 Å². The highest BCUT2D eigenvalue weighted by molar-refractivity contribution is 8.00. The minimum Gasteiger partial charge on any atom is -0.330 e. The zero-order valence-corrected chi connectivity index (χ0v) is 13.7. The minimum atomic E-state index is -0.0305. The van der Waals surface area contributed by atoms with Crippen molar-refractivity contribution in [3.05, 3.63) is 0 Å². The lowest BCUT2D eigenvalue weighted by Gasteiger charge is -2.08. The molecule has 1 amide bonds. The van der Waals surface area contributed by atoms with E-state index in [-0.39, 0.29) is 5.91 Å². The Morgan fingerprint density at radius 2 is 2.37 bits per heavy atom. The summed E-state index contributed by atoms with van der Waals surface area (Å²) >= 11 is 4.45. The average molecular weight is 321 g/mol. The molecule has 0 aliphatic rings.